The molecule has 0 atom stereocenters. The first-order valence-corrected chi connectivity index (χ1v) is 11.1. The van der Waals surface area contributed by atoms with Crippen molar-refractivity contribution in [2.24, 2.45) is 0 Å². The van der Waals surface area contributed by atoms with Gasteiger partial charge < -0.3 is 14.4 Å². The van der Waals surface area contributed by atoms with Gasteiger partial charge in [-0.1, -0.05) is 35.9 Å². The van der Waals surface area contributed by atoms with Gasteiger partial charge in [-0.25, -0.2) is 10.3 Å². The maximum absolute atomic E-state index is 12.1. The number of nitrogens with one attached hydrogen (secondary N) is 1. The number of pyridine rings is 1. The van der Waals surface area contributed by atoms with Gasteiger partial charge in [-0.2, -0.15) is 0 Å². The lowest BCUT2D eigenvalue weighted by molar-refractivity contribution is -0.225. The monoisotopic (exact) mass is 453 g/mol. The van der Waals surface area contributed by atoms with E-state index in [4.69, 9.17) is 25.9 Å². The third kappa shape index (κ3) is 3.88. The standard InChI is InChI=1S/C24H24ClN3O4/c1-2-31-27-23(29)28-12-9-24(10-13-28)30-15-18-14-17(6-8-20(18)32-24)19-7-5-16-4-3-11-26-22(16)21(19)25/h3-8,11,14H,2,9-10,12-13,15H2,1H3,(H,27,29). The molecule has 0 unspecified atom stereocenters. The minimum absolute atomic E-state index is 0.232. The van der Waals surface area contributed by atoms with Gasteiger partial charge in [-0.3, -0.25) is 9.82 Å². The van der Waals surface area contributed by atoms with Gasteiger partial charge in [-0.05, 0) is 30.7 Å². The van der Waals surface area contributed by atoms with E-state index in [0.29, 0.717) is 44.2 Å². The Labute approximate surface area is 191 Å². The Kier molecular flexibility index (Phi) is 5.63. The summed E-state index contributed by atoms with van der Waals surface area (Å²) < 4.78 is 12.5. The van der Waals surface area contributed by atoms with Gasteiger partial charge >= 0.3 is 6.03 Å². The predicted molar refractivity (Wildman–Crippen MR) is 121 cm³/mol. The van der Waals surface area contributed by atoms with E-state index in [0.717, 1.165) is 33.3 Å². The summed E-state index contributed by atoms with van der Waals surface area (Å²) in [4.78, 5) is 23.2. The number of benzene rings is 2. The first kappa shape index (κ1) is 21.0. The highest BCUT2D eigenvalue weighted by molar-refractivity contribution is 6.37. The number of halogens is 1. The van der Waals surface area contributed by atoms with Gasteiger partial charge in [0.25, 0.3) is 0 Å². The van der Waals surface area contributed by atoms with Crippen molar-refractivity contribution in [1.82, 2.24) is 15.4 Å². The number of hydrogen-bond acceptors (Lipinski definition) is 5. The van der Waals surface area contributed by atoms with Crippen LogP contribution in [-0.4, -0.2) is 41.4 Å². The maximum atomic E-state index is 12.1. The molecule has 2 aliphatic heterocycles. The van der Waals surface area contributed by atoms with Crippen LogP contribution in [0.5, 0.6) is 5.75 Å². The fourth-order valence-electron chi connectivity index (χ4n) is 4.23. The van der Waals surface area contributed by atoms with Crippen molar-refractivity contribution in [2.45, 2.75) is 32.2 Å². The second-order valence-corrected chi connectivity index (χ2v) is 8.33. The lowest BCUT2D eigenvalue weighted by Gasteiger charge is -2.43. The molecule has 0 aliphatic carbocycles. The van der Waals surface area contributed by atoms with E-state index < -0.39 is 5.79 Å². The van der Waals surface area contributed by atoms with Crippen molar-refractivity contribution in [3.8, 4) is 16.9 Å². The molecule has 8 heteroatoms. The number of likely N-dealkylation sites (tertiary alicyclic amines) is 1. The Bertz CT molecular complexity index is 1160. The molecule has 0 radical (unpaired) electrons. The van der Waals surface area contributed by atoms with E-state index in [1.165, 1.54) is 0 Å². The number of hydroxylamine groups is 1. The molecule has 5 rings (SSSR count). The molecule has 2 aromatic carbocycles. The molecule has 7 nitrogen and oxygen atoms in total. The lowest BCUT2D eigenvalue weighted by atomic mass is 9.98. The number of nitrogens with zero attached hydrogens (tertiary/aromatic N) is 2. The van der Waals surface area contributed by atoms with Gasteiger partial charge in [0.2, 0.25) is 5.79 Å². The van der Waals surface area contributed by atoms with Gasteiger partial charge in [0, 0.05) is 48.6 Å². The molecule has 1 saturated heterocycles. The van der Waals surface area contributed by atoms with Crippen LogP contribution in [-0.2, 0) is 16.2 Å². The highest BCUT2D eigenvalue weighted by atomic mass is 35.5. The number of carbonyl (C=O) groups excluding carboxylic acids is 1. The number of amides is 2. The van der Waals surface area contributed by atoms with Crippen molar-refractivity contribution < 1.29 is 19.1 Å². The molecular formula is C24H24ClN3O4. The summed E-state index contributed by atoms with van der Waals surface area (Å²) >= 11 is 6.68. The van der Waals surface area contributed by atoms with Gasteiger partial charge in [0.05, 0.1) is 23.8 Å². The summed E-state index contributed by atoms with van der Waals surface area (Å²) in [6, 6.07) is 13.8. The summed E-state index contributed by atoms with van der Waals surface area (Å²) in [6.07, 6.45) is 2.93. The highest BCUT2D eigenvalue weighted by Gasteiger charge is 2.42. The molecule has 0 saturated carbocycles. The first-order chi connectivity index (χ1) is 15.6. The largest absolute Gasteiger partial charge is 0.462 e. The predicted octanol–water partition coefficient (Wildman–Crippen LogP) is 4.92. The minimum atomic E-state index is -0.707. The summed E-state index contributed by atoms with van der Waals surface area (Å²) in [5.74, 6) is 0.101. The lowest BCUT2D eigenvalue weighted by Crippen LogP contribution is -2.54. The van der Waals surface area contributed by atoms with Crippen LogP contribution in [0.4, 0.5) is 4.79 Å². The Morgan fingerprint density at radius 1 is 1.25 bits per heavy atom. The number of carbonyl (C=O) groups is 1. The van der Waals surface area contributed by atoms with E-state index >= 15 is 0 Å². The van der Waals surface area contributed by atoms with Crippen LogP contribution >= 0.6 is 11.6 Å². The Hall–Kier alpha value is -2.87. The van der Waals surface area contributed by atoms with E-state index in [9.17, 15) is 4.79 Å². The maximum Gasteiger partial charge on any atom is 0.341 e. The van der Waals surface area contributed by atoms with E-state index in [1.807, 2.05) is 43.3 Å². The molecule has 166 valence electrons. The van der Waals surface area contributed by atoms with Crippen LogP contribution in [0.25, 0.3) is 22.0 Å². The molecule has 1 fully saturated rings. The zero-order valence-electron chi connectivity index (χ0n) is 17.8. The fourth-order valence-corrected chi connectivity index (χ4v) is 4.56. The number of piperidine rings is 1. The molecule has 1 N–H and O–H groups in total. The number of aromatic nitrogens is 1. The van der Waals surface area contributed by atoms with Crippen LogP contribution in [0.2, 0.25) is 5.02 Å². The second-order valence-electron chi connectivity index (χ2n) is 7.95. The first-order valence-electron chi connectivity index (χ1n) is 10.7. The van der Waals surface area contributed by atoms with E-state index in [1.54, 1.807) is 11.1 Å². The molecule has 32 heavy (non-hydrogen) atoms. The number of fused-ring (bicyclic) bond motifs is 2. The number of hydrogen-bond donors (Lipinski definition) is 1. The van der Waals surface area contributed by atoms with Crippen molar-refractivity contribution in [3.63, 3.8) is 0 Å². The zero-order chi connectivity index (χ0) is 22.1. The molecule has 3 heterocycles. The summed E-state index contributed by atoms with van der Waals surface area (Å²) in [5, 5.41) is 1.64. The average Bonchev–Trinajstić information content (AvgIpc) is 2.83. The molecule has 1 spiro atoms. The third-order valence-corrected chi connectivity index (χ3v) is 6.37. The quantitative estimate of drug-likeness (QED) is 0.570. The molecule has 2 aliphatic rings. The number of ether oxygens (including phenoxy) is 2. The summed E-state index contributed by atoms with van der Waals surface area (Å²) in [7, 11) is 0. The van der Waals surface area contributed by atoms with Crippen molar-refractivity contribution in [3.05, 3.63) is 59.2 Å². The molecule has 2 amide bonds. The fraction of sp³-hybridized carbons (Fsp3) is 0.333. The Morgan fingerprint density at radius 2 is 2.09 bits per heavy atom. The topological polar surface area (TPSA) is 72.9 Å². The normalized spacial score (nSPS) is 17.1. The molecule has 3 aromatic rings. The Morgan fingerprint density at radius 3 is 2.91 bits per heavy atom. The van der Waals surface area contributed by atoms with Gasteiger partial charge in [0.15, 0.2) is 0 Å². The van der Waals surface area contributed by atoms with Crippen LogP contribution in [0.15, 0.2) is 48.7 Å². The van der Waals surface area contributed by atoms with Crippen molar-refractivity contribution in [2.75, 3.05) is 19.7 Å². The molecule has 1 aromatic heterocycles. The van der Waals surface area contributed by atoms with Crippen molar-refractivity contribution >= 4 is 28.5 Å². The SMILES string of the molecule is CCONC(=O)N1CCC2(CC1)OCc1cc(-c3ccc4cccnc4c3Cl)ccc1O2. The minimum Gasteiger partial charge on any atom is -0.462 e. The van der Waals surface area contributed by atoms with E-state index in [2.05, 4.69) is 16.5 Å². The molecule has 0 bridgehead atoms. The highest BCUT2D eigenvalue weighted by Crippen LogP contribution is 2.41. The average molecular weight is 454 g/mol. The number of rotatable bonds is 3. The van der Waals surface area contributed by atoms with E-state index in [-0.39, 0.29) is 6.03 Å². The smallest absolute Gasteiger partial charge is 0.341 e. The van der Waals surface area contributed by atoms with Crippen molar-refractivity contribution in [1.29, 1.82) is 0 Å². The number of urea groups is 1. The molecular weight excluding hydrogens is 430 g/mol. The van der Waals surface area contributed by atoms with Crippen LogP contribution in [0.3, 0.4) is 0 Å². The van der Waals surface area contributed by atoms with Crippen LogP contribution in [0.1, 0.15) is 25.3 Å². The van der Waals surface area contributed by atoms with Crippen LogP contribution in [0, 0.1) is 0 Å². The van der Waals surface area contributed by atoms with Crippen LogP contribution < -0.4 is 10.2 Å². The summed E-state index contributed by atoms with van der Waals surface area (Å²) in [5.41, 5.74) is 6.12. The van der Waals surface area contributed by atoms with Gasteiger partial charge in [-0.15, -0.1) is 0 Å². The third-order valence-electron chi connectivity index (χ3n) is 5.99. The Balaban J connectivity index is 1.33. The summed E-state index contributed by atoms with van der Waals surface area (Å²) in [6.45, 7) is 3.76. The zero-order valence-corrected chi connectivity index (χ0v) is 18.5. The second kappa shape index (κ2) is 8.58. The van der Waals surface area contributed by atoms with Gasteiger partial charge in [0.1, 0.15) is 5.75 Å².